The SMILES string of the molecule is NCCC#Cc1cccc(C(=O)O)n1. The van der Waals surface area contributed by atoms with Gasteiger partial charge in [0.05, 0.1) is 0 Å². The molecule has 0 unspecified atom stereocenters. The van der Waals surface area contributed by atoms with Gasteiger partial charge in [-0.3, -0.25) is 0 Å². The number of pyridine rings is 1. The average molecular weight is 190 g/mol. The van der Waals surface area contributed by atoms with E-state index in [0.717, 1.165) is 0 Å². The largest absolute Gasteiger partial charge is 0.477 e. The fraction of sp³-hybridized carbons (Fsp3) is 0.200. The van der Waals surface area contributed by atoms with E-state index in [2.05, 4.69) is 16.8 Å². The highest BCUT2D eigenvalue weighted by Gasteiger charge is 2.02. The van der Waals surface area contributed by atoms with Crippen LogP contribution < -0.4 is 5.73 Å². The van der Waals surface area contributed by atoms with Gasteiger partial charge in [-0.15, -0.1) is 0 Å². The summed E-state index contributed by atoms with van der Waals surface area (Å²) in [6, 6.07) is 4.70. The summed E-state index contributed by atoms with van der Waals surface area (Å²) >= 11 is 0. The highest BCUT2D eigenvalue weighted by atomic mass is 16.4. The van der Waals surface area contributed by atoms with Gasteiger partial charge in [-0.05, 0) is 18.1 Å². The molecule has 0 amide bonds. The lowest BCUT2D eigenvalue weighted by molar-refractivity contribution is 0.0690. The predicted molar refractivity (Wildman–Crippen MR) is 51.7 cm³/mol. The van der Waals surface area contributed by atoms with Crippen molar-refractivity contribution in [1.82, 2.24) is 4.98 Å². The molecule has 1 aromatic rings. The minimum Gasteiger partial charge on any atom is -0.477 e. The van der Waals surface area contributed by atoms with Crippen LogP contribution in [0.3, 0.4) is 0 Å². The zero-order valence-electron chi connectivity index (χ0n) is 7.53. The molecule has 0 bridgehead atoms. The number of hydrogen-bond acceptors (Lipinski definition) is 3. The topological polar surface area (TPSA) is 76.2 Å². The maximum atomic E-state index is 10.6. The van der Waals surface area contributed by atoms with Gasteiger partial charge in [0.1, 0.15) is 11.4 Å². The van der Waals surface area contributed by atoms with Crippen molar-refractivity contribution in [1.29, 1.82) is 0 Å². The first-order valence-corrected chi connectivity index (χ1v) is 4.13. The molecule has 0 aliphatic heterocycles. The van der Waals surface area contributed by atoms with Crippen LogP contribution in [-0.2, 0) is 0 Å². The molecule has 4 heteroatoms. The lowest BCUT2D eigenvalue weighted by Gasteiger charge is -1.93. The Kier molecular flexibility index (Phi) is 3.65. The summed E-state index contributed by atoms with van der Waals surface area (Å²) in [4.78, 5) is 14.4. The summed E-state index contributed by atoms with van der Waals surface area (Å²) in [5, 5.41) is 8.65. The van der Waals surface area contributed by atoms with Crippen molar-refractivity contribution in [3.63, 3.8) is 0 Å². The highest BCUT2D eigenvalue weighted by molar-refractivity contribution is 5.85. The fourth-order valence-corrected chi connectivity index (χ4v) is 0.849. The first kappa shape index (κ1) is 10.2. The average Bonchev–Trinajstić information content (AvgIpc) is 2.19. The van der Waals surface area contributed by atoms with Crippen LogP contribution >= 0.6 is 0 Å². The number of carboxylic acid groups (broad SMARTS) is 1. The number of carboxylic acids is 1. The van der Waals surface area contributed by atoms with Crippen LogP contribution in [0, 0.1) is 11.8 Å². The summed E-state index contributed by atoms with van der Waals surface area (Å²) in [6.45, 7) is 0.492. The Hall–Kier alpha value is -1.86. The molecule has 0 saturated carbocycles. The lowest BCUT2D eigenvalue weighted by Crippen LogP contribution is -2.00. The van der Waals surface area contributed by atoms with Gasteiger partial charge in [0.2, 0.25) is 0 Å². The standard InChI is InChI=1S/C10H10N2O2/c11-7-2-1-4-8-5-3-6-9(12-8)10(13)14/h3,5-6H,2,7,11H2,(H,13,14). The number of hydrogen-bond donors (Lipinski definition) is 2. The molecule has 72 valence electrons. The van der Waals surface area contributed by atoms with Crippen molar-refractivity contribution < 1.29 is 9.90 Å². The Morgan fingerprint density at radius 1 is 1.57 bits per heavy atom. The van der Waals surface area contributed by atoms with Crippen molar-refractivity contribution in [2.45, 2.75) is 6.42 Å². The molecule has 1 heterocycles. The minimum absolute atomic E-state index is 0.00421. The van der Waals surface area contributed by atoms with Gasteiger partial charge in [0.25, 0.3) is 0 Å². The van der Waals surface area contributed by atoms with E-state index in [1.807, 2.05) is 0 Å². The smallest absolute Gasteiger partial charge is 0.354 e. The highest BCUT2D eigenvalue weighted by Crippen LogP contribution is 1.97. The van der Waals surface area contributed by atoms with Gasteiger partial charge in [-0.1, -0.05) is 12.0 Å². The second kappa shape index (κ2) is 5.00. The molecule has 0 saturated heterocycles. The van der Waals surface area contributed by atoms with Crippen LogP contribution in [0.1, 0.15) is 22.6 Å². The Balaban J connectivity index is 2.85. The summed E-state index contributed by atoms with van der Waals surface area (Å²) < 4.78 is 0. The van der Waals surface area contributed by atoms with E-state index in [9.17, 15) is 4.79 Å². The number of rotatable bonds is 2. The van der Waals surface area contributed by atoms with Gasteiger partial charge >= 0.3 is 5.97 Å². The van der Waals surface area contributed by atoms with Crippen molar-refractivity contribution in [3.05, 3.63) is 29.6 Å². The summed E-state index contributed by atoms with van der Waals surface area (Å²) in [7, 11) is 0. The normalized spacial score (nSPS) is 8.93. The molecule has 0 aromatic carbocycles. The van der Waals surface area contributed by atoms with Crippen LogP contribution in [0.2, 0.25) is 0 Å². The molecule has 0 aliphatic rings. The molecule has 0 aliphatic carbocycles. The minimum atomic E-state index is -1.05. The van der Waals surface area contributed by atoms with Gasteiger partial charge in [-0.2, -0.15) is 0 Å². The Bertz CT molecular complexity index is 391. The number of aromatic nitrogens is 1. The van der Waals surface area contributed by atoms with Crippen molar-refractivity contribution in [2.75, 3.05) is 6.54 Å². The maximum Gasteiger partial charge on any atom is 0.354 e. The summed E-state index contributed by atoms with van der Waals surface area (Å²) in [5.41, 5.74) is 5.71. The van der Waals surface area contributed by atoms with E-state index in [4.69, 9.17) is 10.8 Å². The van der Waals surface area contributed by atoms with Crippen molar-refractivity contribution >= 4 is 5.97 Å². The molecule has 0 spiro atoms. The second-order valence-corrected chi connectivity index (χ2v) is 2.55. The van der Waals surface area contributed by atoms with E-state index in [1.54, 1.807) is 12.1 Å². The second-order valence-electron chi connectivity index (χ2n) is 2.55. The summed E-state index contributed by atoms with van der Waals surface area (Å²) in [6.07, 6.45) is 0.582. The van der Waals surface area contributed by atoms with E-state index >= 15 is 0 Å². The third kappa shape index (κ3) is 2.88. The van der Waals surface area contributed by atoms with E-state index in [1.165, 1.54) is 6.07 Å². The molecule has 1 rings (SSSR count). The molecule has 4 nitrogen and oxygen atoms in total. The molecule has 0 atom stereocenters. The Labute approximate surface area is 81.8 Å². The monoisotopic (exact) mass is 190 g/mol. The predicted octanol–water partition coefficient (Wildman–Crippen LogP) is 0.480. The van der Waals surface area contributed by atoms with Crippen LogP contribution in [0.15, 0.2) is 18.2 Å². The number of nitrogens with two attached hydrogens (primary N) is 1. The fourth-order valence-electron chi connectivity index (χ4n) is 0.849. The van der Waals surface area contributed by atoms with E-state index in [0.29, 0.717) is 18.7 Å². The van der Waals surface area contributed by atoms with Crippen LogP contribution in [0.25, 0.3) is 0 Å². The van der Waals surface area contributed by atoms with Crippen LogP contribution in [-0.4, -0.2) is 22.6 Å². The quantitative estimate of drug-likeness (QED) is 0.665. The van der Waals surface area contributed by atoms with Crippen LogP contribution in [0.5, 0.6) is 0 Å². The lowest BCUT2D eigenvalue weighted by atomic mass is 10.3. The molecule has 3 N–H and O–H groups in total. The Morgan fingerprint density at radius 2 is 2.36 bits per heavy atom. The van der Waals surface area contributed by atoms with Crippen molar-refractivity contribution in [3.8, 4) is 11.8 Å². The molecular weight excluding hydrogens is 180 g/mol. The molecule has 0 fully saturated rings. The zero-order chi connectivity index (χ0) is 10.4. The zero-order valence-corrected chi connectivity index (χ0v) is 7.53. The van der Waals surface area contributed by atoms with Gasteiger partial charge in [0, 0.05) is 13.0 Å². The van der Waals surface area contributed by atoms with Gasteiger partial charge in [0.15, 0.2) is 0 Å². The Morgan fingerprint density at radius 3 is 3.00 bits per heavy atom. The van der Waals surface area contributed by atoms with E-state index in [-0.39, 0.29) is 5.69 Å². The molecule has 14 heavy (non-hydrogen) atoms. The van der Waals surface area contributed by atoms with Gasteiger partial charge < -0.3 is 10.8 Å². The van der Waals surface area contributed by atoms with Gasteiger partial charge in [-0.25, -0.2) is 9.78 Å². The maximum absolute atomic E-state index is 10.6. The number of carbonyl (C=O) groups is 1. The first-order chi connectivity index (χ1) is 6.74. The number of nitrogens with zero attached hydrogens (tertiary/aromatic N) is 1. The third-order valence-corrected chi connectivity index (χ3v) is 1.45. The van der Waals surface area contributed by atoms with Crippen molar-refractivity contribution in [2.24, 2.45) is 5.73 Å². The molecule has 1 aromatic heterocycles. The van der Waals surface area contributed by atoms with Crippen LogP contribution in [0.4, 0.5) is 0 Å². The molecule has 0 radical (unpaired) electrons. The molecular formula is C10H10N2O2. The summed E-state index contributed by atoms with van der Waals surface area (Å²) in [5.74, 6) is 4.47. The third-order valence-electron chi connectivity index (χ3n) is 1.45. The first-order valence-electron chi connectivity index (χ1n) is 4.13. The van der Waals surface area contributed by atoms with E-state index < -0.39 is 5.97 Å². The number of aromatic carboxylic acids is 1.